The molecule has 1 atom stereocenters. The molecule has 1 aliphatic rings. The minimum atomic E-state index is -0.362. The summed E-state index contributed by atoms with van der Waals surface area (Å²) in [5.41, 5.74) is 2.36. The standard InChI is InChI=1S/C16H23NO2/c1-4-19-16(18)15(17-11(2)3)14-7-5-6-13(10-14)12-8-9-12/h5-7,10-12,15,17H,4,8-9H2,1-3H3. The topological polar surface area (TPSA) is 38.3 Å². The maximum atomic E-state index is 12.1. The van der Waals surface area contributed by atoms with E-state index in [2.05, 4.69) is 17.4 Å². The molecule has 19 heavy (non-hydrogen) atoms. The lowest BCUT2D eigenvalue weighted by molar-refractivity contribution is -0.146. The van der Waals surface area contributed by atoms with Crippen LogP contribution in [0, 0.1) is 0 Å². The van der Waals surface area contributed by atoms with Crippen molar-refractivity contribution in [2.45, 2.75) is 51.6 Å². The highest BCUT2D eigenvalue weighted by Gasteiger charge is 2.26. The second-order valence-corrected chi connectivity index (χ2v) is 5.45. The van der Waals surface area contributed by atoms with Gasteiger partial charge in [0.05, 0.1) is 6.61 Å². The second-order valence-electron chi connectivity index (χ2n) is 5.45. The van der Waals surface area contributed by atoms with Crippen molar-refractivity contribution in [1.82, 2.24) is 5.32 Å². The van der Waals surface area contributed by atoms with E-state index in [0.717, 1.165) is 5.56 Å². The number of hydrogen-bond acceptors (Lipinski definition) is 3. The lowest BCUT2D eigenvalue weighted by Gasteiger charge is -2.20. The molecule has 1 aromatic carbocycles. The average Bonchev–Trinajstić information content (AvgIpc) is 3.20. The lowest BCUT2D eigenvalue weighted by atomic mass is 10.0. The van der Waals surface area contributed by atoms with Gasteiger partial charge in [0.15, 0.2) is 0 Å². The Labute approximate surface area is 115 Å². The summed E-state index contributed by atoms with van der Waals surface area (Å²) in [5.74, 6) is 0.506. The third-order valence-corrected chi connectivity index (χ3v) is 3.32. The molecule has 1 fully saturated rings. The molecule has 2 rings (SSSR count). The maximum Gasteiger partial charge on any atom is 0.327 e. The van der Waals surface area contributed by atoms with Crippen molar-refractivity contribution in [3.05, 3.63) is 35.4 Å². The third-order valence-electron chi connectivity index (χ3n) is 3.32. The van der Waals surface area contributed by atoms with Crippen molar-refractivity contribution in [3.63, 3.8) is 0 Å². The van der Waals surface area contributed by atoms with Crippen LogP contribution in [-0.2, 0) is 9.53 Å². The van der Waals surface area contributed by atoms with Crippen LogP contribution in [0.2, 0.25) is 0 Å². The van der Waals surface area contributed by atoms with Crippen molar-refractivity contribution in [2.24, 2.45) is 0 Å². The predicted molar refractivity (Wildman–Crippen MR) is 76.1 cm³/mol. The van der Waals surface area contributed by atoms with Gasteiger partial charge >= 0.3 is 5.97 Å². The molecule has 0 bridgehead atoms. The summed E-state index contributed by atoms with van der Waals surface area (Å²) in [6, 6.07) is 8.21. The lowest BCUT2D eigenvalue weighted by Crippen LogP contribution is -2.34. The van der Waals surface area contributed by atoms with Gasteiger partial charge in [-0.05, 0) is 50.7 Å². The van der Waals surface area contributed by atoms with E-state index < -0.39 is 0 Å². The summed E-state index contributed by atoms with van der Waals surface area (Å²) in [4.78, 5) is 12.1. The smallest absolute Gasteiger partial charge is 0.327 e. The Morgan fingerprint density at radius 3 is 2.74 bits per heavy atom. The molecule has 0 radical (unpaired) electrons. The first-order chi connectivity index (χ1) is 9.11. The van der Waals surface area contributed by atoms with Crippen LogP contribution < -0.4 is 5.32 Å². The minimum Gasteiger partial charge on any atom is -0.465 e. The van der Waals surface area contributed by atoms with Gasteiger partial charge in [0, 0.05) is 6.04 Å². The zero-order valence-electron chi connectivity index (χ0n) is 12.0. The van der Waals surface area contributed by atoms with Gasteiger partial charge < -0.3 is 4.74 Å². The Kier molecular flexibility index (Phi) is 4.59. The van der Waals surface area contributed by atoms with Crippen molar-refractivity contribution in [1.29, 1.82) is 0 Å². The number of benzene rings is 1. The van der Waals surface area contributed by atoms with E-state index in [9.17, 15) is 4.79 Å². The van der Waals surface area contributed by atoms with E-state index >= 15 is 0 Å². The van der Waals surface area contributed by atoms with Gasteiger partial charge in [-0.15, -0.1) is 0 Å². The third kappa shape index (κ3) is 3.80. The molecule has 1 unspecified atom stereocenters. The van der Waals surface area contributed by atoms with Gasteiger partial charge in [0.2, 0.25) is 0 Å². The summed E-state index contributed by atoms with van der Waals surface area (Å²) in [7, 11) is 0. The molecule has 1 saturated carbocycles. The van der Waals surface area contributed by atoms with Crippen LogP contribution in [-0.4, -0.2) is 18.6 Å². The summed E-state index contributed by atoms with van der Waals surface area (Å²) in [6.07, 6.45) is 2.54. The zero-order valence-corrected chi connectivity index (χ0v) is 12.0. The summed E-state index contributed by atoms with van der Waals surface area (Å²) in [5, 5.41) is 3.29. The summed E-state index contributed by atoms with van der Waals surface area (Å²) < 4.78 is 5.17. The fraction of sp³-hybridized carbons (Fsp3) is 0.562. The van der Waals surface area contributed by atoms with Crippen LogP contribution >= 0.6 is 0 Å². The van der Waals surface area contributed by atoms with E-state index in [0.29, 0.717) is 12.5 Å². The van der Waals surface area contributed by atoms with E-state index in [-0.39, 0.29) is 18.1 Å². The van der Waals surface area contributed by atoms with Crippen molar-refractivity contribution in [2.75, 3.05) is 6.61 Å². The monoisotopic (exact) mass is 261 g/mol. The Bertz CT molecular complexity index is 438. The molecular weight excluding hydrogens is 238 g/mol. The normalized spacial score (nSPS) is 16.4. The number of nitrogens with one attached hydrogen (secondary N) is 1. The largest absolute Gasteiger partial charge is 0.465 e. The van der Waals surface area contributed by atoms with Crippen molar-refractivity contribution < 1.29 is 9.53 Å². The van der Waals surface area contributed by atoms with Crippen LogP contribution in [0.4, 0.5) is 0 Å². The molecule has 3 nitrogen and oxygen atoms in total. The highest BCUT2D eigenvalue weighted by Crippen LogP contribution is 2.40. The average molecular weight is 261 g/mol. The number of ether oxygens (including phenoxy) is 1. The number of carbonyl (C=O) groups excluding carboxylic acids is 1. The molecule has 1 N–H and O–H groups in total. The minimum absolute atomic E-state index is 0.191. The van der Waals surface area contributed by atoms with Gasteiger partial charge in [-0.2, -0.15) is 0 Å². The maximum absolute atomic E-state index is 12.1. The van der Waals surface area contributed by atoms with Crippen LogP contribution in [0.25, 0.3) is 0 Å². The van der Waals surface area contributed by atoms with Crippen LogP contribution in [0.3, 0.4) is 0 Å². The second kappa shape index (κ2) is 6.20. The molecule has 0 aromatic heterocycles. The molecule has 3 heteroatoms. The first kappa shape index (κ1) is 14.1. The highest BCUT2D eigenvalue weighted by atomic mass is 16.5. The number of carbonyl (C=O) groups is 1. The molecule has 0 spiro atoms. The molecule has 0 aliphatic heterocycles. The van der Waals surface area contributed by atoms with Gasteiger partial charge in [0.1, 0.15) is 6.04 Å². The summed E-state index contributed by atoms with van der Waals surface area (Å²) >= 11 is 0. The first-order valence-corrected chi connectivity index (χ1v) is 7.14. The fourth-order valence-electron chi connectivity index (χ4n) is 2.27. The predicted octanol–water partition coefficient (Wildman–Crippen LogP) is 3.17. The van der Waals surface area contributed by atoms with Gasteiger partial charge in [-0.1, -0.05) is 24.3 Å². The number of rotatable bonds is 6. The molecule has 0 saturated heterocycles. The first-order valence-electron chi connectivity index (χ1n) is 7.14. The van der Waals surface area contributed by atoms with Gasteiger partial charge in [-0.25, -0.2) is 4.79 Å². The van der Waals surface area contributed by atoms with E-state index in [4.69, 9.17) is 4.74 Å². The Hall–Kier alpha value is -1.35. The van der Waals surface area contributed by atoms with Crippen LogP contribution in [0.5, 0.6) is 0 Å². The van der Waals surface area contributed by atoms with Crippen molar-refractivity contribution in [3.8, 4) is 0 Å². The molecule has 1 aromatic rings. The van der Waals surface area contributed by atoms with Crippen molar-refractivity contribution >= 4 is 5.97 Å². The number of hydrogen-bond donors (Lipinski definition) is 1. The van der Waals surface area contributed by atoms with Gasteiger partial charge in [0.25, 0.3) is 0 Å². The zero-order chi connectivity index (χ0) is 13.8. The molecular formula is C16H23NO2. The fourth-order valence-corrected chi connectivity index (χ4v) is 2.27. The highest BCUT2D eigenvalue weighted by molar-refractivity contribution is 5.77. The quantitative estimate of drug-likeness (QED) is 0.799. The van der Waals surface area contributed by atoms with Crippen LogP contribution in [0.15, 0.2) is 24.3 Å². The molecule has 0 amide bonds. The Morgan fingerprint density at radius 1 is 1.42 bits per heavy atom. The van der Waals surface area contributed by atoms with E-state index in [1.165, 1.54) is 18.4 Å². The Balaban J connectivity index is 2.20. The Morgan fingerprint density at radius 2 is 2.16 bits per heavy atom. The summed E-state index contributed by atoms with van der Waals surface area (Å²) in [6.45, 7) is 6.33. The SMILES string of the molecule is CCOC(=O)C(NC(C)C)c1cccc(C2CC2)c1. The van der Waals surface area contributed by atoms with Crippen LogP contribution in [0.1, 0.15) is 56.7 Å². The molecule has 1 aliphatic carbocycles. The molecule has 0 heterocycles. The molecule has 104 valence electrons. The number of esters is 1. The van der Waals surface area contributed by atoms with E-state index in [1.807, 2.05) is 32.9 Å². The van der Waals surface area contributed by atoms with Gasteiger partial charge in [-0.3, -0.25) is 5.32 Å². The van der Waals surface area contributed by atoms with E-state index in [1.54, 1.807) is 0 Å².